The van der Waals surface area contributed by atoms with Crippen molar-refractivity contribution >= 4 is 136 Å². The molecule has 0 unspecified atom stereocenters. The zero-order chi connectivity index (χ0) is 103. The minimum atomic E-state index is -0.595. The Morgan fingerprint density at radius 3 is 1.16 bits per heavy atom. The number of H-pyrrole nitrogens is 1. The molecule has 808 valence electrons. The molecule has 23 rings (SSSR count). The number of ketones is 4. The molecule has 34 heteroatoms. The summed E-state index contributed by atoms with van der Waals surface area (Å²) < 4.78 is 57.6. The number of aliphatic hydroxyl groups is 4. The number of nitrogens with two attached hydrogens (primary N) is 1. The Bertz CT molecular complexity index is 5980. The Hall–Kier alpha value is -2.78. The van der Waals surface area contributed by atoms with Crippen LogP contribution in [-0.2, 0) is 41.9 Å². The number of fused-ring (bicyclic) bond motifs is 23. The van der Waals surface area contributed by atoms with E-state index < -0.39 is 45.7 Å². The van der Waals surface area contributed by atoms with Crippen LogP contribution in [0.1, 0.15) is 323 Å². The number of carbonyl (C=O) groups is 5. The van der Waals surface area contributed by atoms with Crippen LogP contribution in [0.25, 0.3) is 33.1 Å². The fraction of sp³-hybridized carbons (Fsp3) is 0.746. The molecule has 11 N–H and O–H groups in total. The molecule has 148 heavy (non-hydrogen) atoms. The van der Waals surface area contributed by atoms with E-state index in [0.717, 1.165) is 153 Å². The predicted octanol–water partition coefficient (Wildman–Crippen LogP) is 19.3. The maximum absolute atomic E-state index is 14.4. The number of anilines is 2. The van der Waals surface area contributed by atoms with Crippen LogP contribution in [0.4, 0.5) is 28.9 Å². The number of halogens is 9. The van der Waals surface area contributed by atoms with Gasteiger partial charge in [0, 0.05) is 23.7 Å². The third kappa shape index (κ3) is 22.3. The van der Waals surface area contributed by atoms with Crippen molar-refractivity contribution in [2.24, 2.45) is 162 Å². The molecule has 0 saturated heterocycles. The molecule has 32 atom stereocenters. The minimum Gasteiger partial charge on any atom is -1.00 e. The van der Waals surface area contributed by atoms with Gasteiger partial charge in [-0.25, -0.2) is 22.2 Å². The van der Waals surface area contributed by atoms with Crippen molar-refractivity contribution in [3.63, 3.8) is 0 Å². The van der Waals surface area contributed by atoms with Crippen LogP contribution >= 0.6 is 62.3 Å². The number of rotatable bonds is 13. The van der Waals surface area contributed by atoms with E-state index in [1.54, 1.807) is 28.9 Å². The Labute approximate surface area is 987 Å². The van der Waals surface area contributed by atoms with Crippen molar-refractivity contribution < 1.29 is 176 Å². The zero-order valence-corrected chi connectivity index (χ0v) is 99.8. The van der Waals surface area contributed by atoms with Crippen molar-refractivity contribution in [3.8, 4) is 0 Å². The van der Waals surface area contributed by atoms with Crippen molar-refractivity contribution in [2.45, 2.75) is 357 Å². The van der Waals surface area contributed by atoms with Crippen LogP contribution in [-0.4, -0.2) is 130 Å². The van der Waals surface area contributed by atoms with Gasteiger partial charge in [0.05, 0.1) is 71.3 Å². The third-order valence-electron chi connectivity index (χ3n) is 44.2. The largest absolute Gasteiger partial charge is 1.00 e. The number of nitrogen functional groups attached to an aromatic ring is 1. The van der Waals surface area contributed by atoms with Gasteiger partial charge in [-0.2, -0.15) is 25.3 Å². The van der Waals surface area contributed by atoms with Gasteiger partial charge in [0.15, 0.2) is 40.6 Å². The first-order chi connectivity index (χ1) is 67.9. The maximum Gasteiger partial charge on any atom is 1.00 e. The summed E-state index contributed by atoms with van der Waals surface area (Å²) in [4.78, 5) is 65.8. The Balaban J connectivity index is 0.000000157. The molecule has 16 saturated carbocycles. The van der Waals surface area contributed by atoms with Gasteiger partial charge in [-0.05, 0) is 445 Å². The van der Waals surface area contributed by atoms with Gasteiger partial charge in [0.1, 0.15) is 46.5 Å². The fourth-order valence-electron chi connectivity index (χ4n) is 36.5. The van der Waals surface area contributed by atoms with Crippen molar-refractivity contribution in [1.29, 1.82) is 0 Å². The Morgan fingerprint density at radius 2 is 0.770 bits per heavy atom. The number of aromatic nitrogens is 9. The molecule has 0 bridgehead atoms. The molecular weight excluding hydrogens is 2090 g/mol. The molecule has 0 spiro atoms. The SMILES string of the molecule is C.C[C@@]1(O)CC[C@@]2(C)[C@@H](CC[C@@H]3[C@@H]2CC[C@]2(C)[C@@H](C(=O)CBr)CC[C@@H]32)C1.C[C@@]1(O)CC[C@@]2(C)[C@@H](CC[C@@H]3[C@@H]2CC[C@]2(C)[C@@H](C(=O)CNc4c(N)ccc(Cl)c4F)CC[C@@H]32)C1.C[C@@]1(O)CC[C@@]2(C)[C@@H](CC[C@@H]3[C@@H]2CC[C@]2(C)[C@@H](C(=O)Cn4nc5ccc(Cl)c(F)c5n4)CC[C@@H]32)C1.C[C@@]1(O)CC[C@@]2(C)[C@@H](CC[C@@H]3[C@@H]2CC[C@]2(C)[C@@H](C(=O)Cn4nnc5c(F)c(Cl)ccc54)CC[C@@H]32)C1.Fc1c(Cl)ccc2n[nH]nc12.N.O=CO[O-].[H-].[K+].[K+]. The number of Topliss-reactive ketones (excluding diaryl/α,β-unsaturated/α-hetero) is 4. The van der Waals surface area contributed by atoms with E-state index in [1.165, 1.54) is 125 Å². The summed E-state index contributed by atoms with van der Waals surface area (Å²) in [6.07, 6.45) is 39.9. The zero-order valence-electron chi connectivity index (χ0n) is 89.9. The van der Waals surface area contributed by atoms with Crippen LogP contribution in [0.2, 0.25) is 20.1 Å². The quantitative estimate of drug-likeness (QED) is 0.0101. The molecule has 3 heterocycles. The third-order valence-corrected chi connectivity index (χ3v) is 45.9. The van der Waals surface area contributed by atoms with Gasteiger partial charge >= 0.3 is 103 Å². The maximum atomic E-state index is 14.4. The van der Waals surface area contributed by atoms with Crippen LogP contribution < -0.4 is 125 Å². The smallest absolute Gasteiger partial charge is 1.00 e. The average Bonchev–Trinajstić information content (AvgIpc) is 1.61. The first-order valence-electron chi connectivity index (χ1n) is 54.2. The molecular formula is C114H161BrCl4F4K2N12O11. The average molecular weight is 2250 g/mol. The number of alkyl halides is 1. The van der Waals surface area contributed by atoms with Gasteiger partial charge in [-0.3, -0.25) is 24.0 Å². The summed E-state index contributed by atoms with van der Waals surface area (Å²) in [7, 11) is 0. The number of carbonyl (C=O) groups excluding carboxylic acids is 5. The van der Waals surface area contributed by atoms with Gasteiger partial charge in [0.25, 0.3) is 6.47 Å². The first kappa shape index (κ1) is 121. The van der Waals surface area contributed by atoms with Crippen molar-refractivity contribution in [2.75, 3.05) is 22.9 Å². The normalized spacial score (nSPS) is 40.6. The van der Waals surface area contributed by atoms with Crippen LogP contribution in [0.3, 0.4) is 0 Å². The number of benzene rings is 4. The number of nitrogens with zero attached hydrogens (tertiary/aromatic N) is 8. The summed E-state index contributed by atoms with van der Waals surface area (Å²) in [6.45, 7) is 27.8. The van der Waals surface area contributed by atoms with Crippen LogP contribution in [0.15, 0.2) is 48.5 Å². The minimum absolute atomic E-state index is 0. The molecule has 0 aliphatic heterocycles. The van der Waals surface area contributed by atoms with Crippen LogP contribution in [0.5, 0.6) is 0 Å². The number of aromatic amines is 1. The summed E-state index contributed by atoms with van der Waals surface area (Å²) in [6, 6.07) is 12.4. The second-order valence-corrected chi connectivity index (χ2v) is 53.7. The summed E-state index contributed by atoms with van der Waals surface area (Å²) in [5.41, 5.74) is 7.87. The van der Waals surface area contributed by atoms with Crippen molar-refractivity contribution in [3.05, 3.63) is 91.9 Å². The molecule has 23 nitrogen and oxygen atoms in total. The molecule has 7 aromatic rings. The summed E-state index contributed by atoms with van der Waals surface area (Å²) >= 11 is 26.6. The standard InChI is InChI=1S/2C28H37ClFN3O2.C28H40ClFN2O2.C22H35BrO2.C6H3ClFN3.CH2O3.CH4.2K.H3N.H/c1-26(35)12-13-27(2)16(14-26)4-5-17-18-6-7-20(28(18,3)11-10-19(17)27)23(34)15-33-22-9-8-21(29)24(30)25(22)31-32-33;1-26(35)12-13-27(2)16(14-26)4-5-17-18-6-7-20(28(18,3)11-10-19(17)27)23(34)15-33-31-22-9-8-21(29)24(30)25(22)32-33;1-26(34)12-13-27(2)16(14-26)4-5-17-18-6-7-20(28(18,3)11-10-19(17)27)23(33)15-32-25-22(31)9-8-21(29)24(25)30;1-20(25)10-11-21(2)14(12-20)4-5-15-16-6-7-18(19(24)13-23)22(16,3)9-8-17(15)21;7-3-1-2-4-6(5(3)8)10-11-9-4;2-1-4-3;;;;;/h2*8-9,16-20,35H,4-7,10-15H2,1-3H3;8-9,16-20,32,34H,4-7,10-15,31H2,1-3H3;14-18,25H,4-13H2,1-3H3;1-2H,(H,9,10,11);1,3H;1H4;;;1H3;/q;;;;;;;2*+1;;-1/p-1/t3*16-,17-,18-,19-,20+,26+,27-,28-;14-,15-,16-,17-,18+,20+,21-,22-;;;;;;;/m0000......./s1. The van der Waals surface area contributed by atoms with E-state index in [2.05, 4.69) is 117 Å². The monoisotopic (exact) mass is 2250 g/mol. The molecule has 4 aromatic carbocycles. The second-order valence-electron chi connectivity index (χ2n) is 51.5. The first-order valence-corrected chi connectivity index (χ1v) is 56.8. The van der Waals surface area contributed by atoms with Gasteiger partial charge in [-0.1, -0.05) is 130 Å². The van der Waals surface area contributed by atoms with E-state index in [0.29, 0.717) is 126 Å². The van der Waals surface area contributed by atoms with Gasteiger partial charge in [-0.15, -0.1) is 10.2 Å². The van der Waals surface area contributed by atoms with Gasteiger partial charge < -0.3 is 49.2 Å². The van der Waals surface area contributed by atoms with E-state index in [1.807, 2.05) is 27.7 Å². The number of nitrogens with one attached hydrogen (secondary N) is 2. The van der Waals surface area contributed by atoms with E-state index in [4.69, 9.17) is 62.2 Å². The topological polar surface area (TPSA) is 375 Å². The van der Waals surface area contributed by atoms with E-state index in [9.17, 15) is 57.2 Å². The molecule has 16 aliphatic rings. The summed E-state index contributed by atoms with van der Waals surface area (Å²) in [5.74, 6) is 9.82. The molecule has 16 aliphatic carbocycles. The number of hydrogen-bond acceptors (Lipinski definition) is 20. The molecule has 16 fully saturated rings. The predicted molar refractivity (Wildman–Crippen MR) is 565 cm³/mol. The number of hydrogen-bond donors (Lipinski definition) is 8. The molecule has 0 radical (unpaired) electrons. The Morgan fingerprint density at radius 1 is 0.439 bits per heavy atom. The van der Waals surface area contributed by atoms with Gasteiger partial charge in [0.2, 0.25) is 0 Å². The van der Waals surface area contributed by atoms with E-state index in [-0.39, 0.29) is 255 Å². The van der Waals surface area contributed by atoms with Crippen LogP contribution in [0, 0.1) is 185 Å². The molecule has 3 aromatic heterocycles. The summed E-state index contributed by atoms with van der Waals surface area (Å²) in [5, 5.41) is 81.0. The second kappa shape index (κ2) is 46.1. The van der Waals surface area contributed by atoms with Crippen molar-refractivity contribution in [1.82, 2.24) is 51.5 Å². The fourth-order valence-corrected chi connectivity index (χ4v) is 37.5. The molecule has 0 amide bonds. The Kier molecular flexibility index (Phi) is 37.6. The van der Waals surface area contributed by atoms with E-state index >= 15 is 0 Å².